The molecule has 0 aliphatic rings. The lowest BCUT2D eigenvalue weighted by Gasteiger charge is -2.11. The molecule has 0 atom stereocenters. The predicted molar refractivity (Wildman–Crippen MR) is 88.0 cm³/mol. The Hall–Kier alpha value is -2.40. The summed E-state index contributed by atoms with van der Waals surface area (Å²) in [5.74, 6) is 1.29. The first kappa shape index (κ1) is 16.0. The van der Waals surface area contributed by atoms with Crippen LogP contribution in [0.1, 0.15) is 10.4 Å². The summed E-state index contributed by atoms with van der Waals surface area (Å²) >= 11 is 5.55. The number of hydrogen-bond acceptors (Lipinski definition) is 4. The fourth-order valence-electron chi connectivity index (χ4n) is 1.91. The normalized spacial score (nSPS) is 10.1. The van der Waals surface area contributed by atoms with Crippen LogP contribution in [0.4, 0.5) is 11.4 Å². The summed E-state index contributed by atoms with van der Waals surface area (Å²) in [5.41, 5.74) is 7.23. The van der Waals surface area contributed by atoms with Gasteiger partial charge in [0.05, 0.1) is 24.2 Å². The maximum Gasteiger partial charge on any atom is 0.257 e. The van der Waals surface area contributed by atoms with E-state index in [2.05, 4.69) is 5.32 Å². The van der Waals surface area contributed by atoms with Crippen LogP contribution in [0.5, 0.6) is 11.5 Å². The number of anilines is 2. The Kier molecular flexibility index (Phi) is 5.49. The third-order valence-corrected chi connectivity index (χ3v) is 3.14. The van der Waals surface area contributed by atoms with Crippen LogP contribution in [0.3, 0.4) is 0 Å². The minimum Gasteiger partial charge on any atom is -0.495 e. The van der Waals surface area contributed by atoms with Gasteiger partial charge in [0.25, 0.3) is 5.91 Å². The highest BCUT2D eigenvalue weighted by Crippen LogP contribution is 2.25. The highest BCUT2D eigenvalue weighted by molar-refractivity contribution is 6.18. The second-order valence-electron chi connectivity index (χ2n) is 4.44. The van der Waals surface area contributed by atoms with Gasteiger partial charge in [-0.05, 0) is 36.4 Å². The number of nitrogens with two attached hydrogens (primary N) is 1. The highest BCUT2D eigenvalue weighted by Gasteiger charge is 2.13. The maximum absolute atomic E-state index is 12.3. The molecule has 2 aromatic rings. The van der Waals surface area contributed by atoms with Gasteiger partial charge in [-0.3, -0.25) is 4.79 Å². The van der Waals surface area contributed by atoms with Crippen molar-refractivity contribution in [2.75, 3.05) is 30.6 Å². The molecule has 3 N–H and O–H groups in total. The summed E-state index contributed by atoms with van der Waals surface area (Å²) < 4.78 is 10.5. The Morgan fingerprint density at radius 1 is 1.23 bits per heavy atom. The quantitative estimate of drug-likeness (QED) is 0.633. The lowest BCUT2D eigenvalue weighted by molar-refractivity contribution is 0.102. The number of benzene rings is 2. The number of halogens is 1. The van der Waals surface area contributed by atoms with Crippen molar-refractivity contribution in [1.29, 1.82) is 0 Å². The number of para-hydroxylation sites is 1. The van der Waals surface area contributed by atoms with E-state index in [9.17, 15) is 4.79 Å². The Balaban J connectivity index is 2.09. The third kappa shape index (κ3) is 3.83. The summed E-state index contributed by atoms with van der Waals surface area (Å²) in [5, 5.41) is 2.78. The molecular formula is C16H17ClN2O3. The van der Waals surface area contributed by atoms with Gasteiger partial charge < -0.3 is 20.5 Å². The zero-order valence-corrected chi connectivity index (χ0v) is 12.9. The molecule has 6 heteroatoms. The smallest absolute Gasteiger partial charge is 0.257 e. The van der Waals surface area contributed by atoms with Crippen molar-refractivity contribution in [1.82, 2.24) is 0 Å². The molecule has 0 heterocycles. The van der Waals surface area contributed by atoms with Gasteiger partial charge in [-0.25, -0.2) is 0 Å². The van der Waals surface area contributed by atoms with Crippen molar-refractivity contribution in [3.05, 3.63) is 48.0 Å². The van der Waals surface area contributed by atoms with Crippen LogP contribution in [0, 0.1) is 0 Å². The van der Waals surface area contributed by atoms with E-state index in [1.54, 1.807) is 42.5 Å². The predicted octanol–water partition coefficient (Wildman–Crippen LogP) is 3.15. The number of nitrogens with one attached hydrogen (secondary N) is 1. The van der Waals surface area contributed by atoms with E-state index in [0.717, 1.165) is 0 Å². The van der Waals surface area contributed by atoms with E-state index in [0.29, 0.717) is 40.9 Å². The van der Waals surface area contributed by atoms with Gasteiger partial charge in [0, 0.05) is 5.69 Å². The standard InChI is InChI=1S/C16H17ClN2O3/c1-21-14-4-2-3-13(15(14)18)16(20)19-11-5-7-12(8-6-11)22-10-9-17/h2-8H,9-10,18H2,1H3,(H,19,20). The molecule has 0 saturated carbocycles. The van der Waals surface area contributed by atoms with Crippen LogP contribution in [0.15, 0.2) is 42.5 Å². The van der Waals surface area contributed by atoms with Crippen LogP contribution in [-0.2, 0) is 0 Å². The Morgan fingerprint density at radius 2 is 1.95 bits per heavy atom. The lowest BCUT2D eigenvalue weighted by Crippen LogP contribution is -2.14. The van der Waals surface area contributed by atoms with Gasteiger partial charge in [0.15, 0.2) is 0 Å². The number of carbonyl (C=O) groups excluding carboxylic acids is 1. The lowest BCUT2D eigenvalue weighted by atomic mass is 10.1. The molecule has 0 radical (unpaired) electrons. The van der Waals surface area contributed by atoms with Crippen LogP contribution in [0.2, 0.25) is 0 Å². The van der Waals surface area contributed by atoms with E-state index < -0.39 is 0 Å². The van der Waals surface area contributed by atoms with Crippen LogP contribution >= 0.6 is 11.6 Å². The Morgan fingerprint density at radius 3 is 2.59 bits per heavy atom. The number of rotatable bonds is 6. The van der Waals surface area contributed by atoms with Gasteiger partial charge in [-0.1, -0.05) is 6.07 Å². The summed E-state index contributed by atoms with van der Waals surface area (Å²) in [6.45, 7) is 0.438. The van der Waals surface area contributed by atoms with Crippen molar-refractivity contribution in [2.24, 2.45) is 0 Å². The number of alkyl halides is 1. The van der Waals surface area contributed by atoms with E-state index in [1.165, 1.54) is 7.11 Å². The van der Waals surface area contributed by atoms with E-state index in [4.69, 9.17) is 26.8 Å². The number of methoxy groups -OCH3 is 1. The summed E-state index contributed by atoms with van der Waals surface area (Å²) in [6, 6.07) is 12.1. The zero-order valence-electron chi connectivity index (χ0n) is 12.1. The molecule has 0 bridgehead atoms. The van der Waals surface area contributed by atoms with Crippen molar-refractivity contribution < 1.29 is 14.3 Å². The van der Waals surface area contributed by atoms with Gasteiger partial charge in [-0.15, -0.1) is 11.6 Å². The van der Waals surface area contributed by atoms with Gasteiger partial charge in [0.1, 0.15) is 18.1 Å². The number of amides is 1. The second-order valence-corrected chi connectivity index (χ2v) is 4.82. The topological polar surface area (TPSA) is 73.6 Å². The minimum absolute atomic E-state index is 0.300. The SMILES string of the molecule is COc1cccc(C(=O)Nc2ccc(OCCCl)cc2)c1N. The van der Waals surface area contributed by atoms with Crippen LogP contribution in [-0.4, -0.2) is 25.5 Å². The minimum atomic E-state index is -0.300. The first-order chi connectivity index (χ1) is 10.7. The fraction of sp³-hybridized carbons (Fsp3) is 0.188. The first-order valence-corrected chi connectivity index (χ1v) is 7.22. The van der Waals surface area contributed by atoms with Crippen LogP contribution < -0.4 is 20.5 Å². The molecule has 0 aromatic heterocycles. The number of ether oxygens (including phenoxy) is 2. The Bertz CT molecular complexity index is 644. The van der Waals surface area contributed by atoms with E-state index in [1.807, 2.05) is 0 Å². The van der Waals surface area contributed by atoms with Gasteiger partial charge in [-0.2, -0.15) is 0 Å². The molecule has 0 unspecified atom stereocenters. The monoisotopic (exact) mass is 320 g/mol. The molecule has 0 spiro atoms. The fourth-order valence-corrected chi connectivity index (χ4v) is 1.99. The van der Waals surface area contributed by atoms with Crippen molar-refractivity contribution >= 4 is 28.9 Å². The molecule has 1 amide bonds. The first-order valence-electron chi connectivity index (χ1n) is 6.68. The van der Waals surface area contributed by atoms with Crippen molar-refractivity contribution in [3.8, 4) is 11.5 Å². The molecule has 0 aliphatic carbocycles. The molecule has 2 rings (SSSR count). The zero-order chi connectivity index (χ0) is 15.9. The maximum atomic E-state index is 12.3. The van der Waals surface area contributed by atoms with E-state index in [-0.39, 0.29) is 5.91 Å². The van der Waals surface area contributed by atoms with Gasteiger partial charge in [0.2, 0.25) is 0 Å². The largest absolute Gasteiger partial charge is 0.495 e. The molecule has 5 nitrogen and oxygen atoms in total. The molecule has 0 saturated heterocycles. The molecule has 22 heavy (non-hydrogen) atoms. The Labute approximate surface area is 134 Å². The summed E-state index contributed by atoms with van der Waals surface area (Å²) in [7, 11) is 1.51. The third-order valence-electron chi connectivity index (χ3n) is 2.99. The van der Waals surface area contributed by atoms with Gasteiger partial charge >= 0.3 is 0 Å². The summed E-state index contributed by atoms with van der Waals surface area (Å²) in [6.07, 6.45) is 0. The van der Waals surface area contributed by atoms with Crippen molar-refractivity contribution in [2.45, 2.75) is 0 Å². The highest BCUT2D eigenvalue weighted by atomic mass is 35.5. The molecule has 0 aliphatic heterocycles. The van der Waals surface area contributed by atoms with E-state index >= 15 is 0 Å². The summed E-state index contributed by atoms with van der Waals surface area (Å²) in [4.78, 5) is 12.3. The second kappa shape index (κ2) is 7.56. The molecule has 116 valence electrons. The molecule has 0 fully saturated rings. The van der Waals surface area contributed by atoms with Crippen molar-refractivity contribution in [3.63, 3.8) is 0 Å². The van der Waals surface area contributed by atoms with Crippen LogP contribution in [0.25, 0.3) is 0 Å². The molecule has 2 aromatic carbocycles. The average molecular weight is 321 g/mol. The number of nitrogen functional groups attached to an aromatic ring is 1. The number of carbonyl (C=O) groups is 1. The average Bonchev–Trinajstić information content (AvgIpc) is 2.54. The molecular weight excluding hydrogens is 304 g/mol. The number of hydrogen-bond donors (Lipinski definition) is 2.